The van der Waals surface area contributed by atoms with E-state index in [9.17, 15) is 9.59 Å². The first-order valence-electron chi connectivity index (χ1n) is 10.2. The number of carbonyl (C=O) groups is 2. The first kappa shape index (κ1) is 19.2. The molecule has 2 aliphatic rings. The number of rotatable bonds is 6. The smallest absolute Gasteiger partial charge is 0.278 e. The van der Waals surface area contributed by atoms with E-state index in [-0.39, 0.29) is 24.5 Å². The molecule has 0 N–H and O–H groups in total. The molecule has 0 unspecified atom stereocenters. The zero-order chi connectivity index (χ0) is 20.4. The number of hydrogen-bond donors (Lipinski definition) is 0. The summed E-state index contributed by atoms with van der Waals surface area (Å²) in [4.78, 5) is 30.1. The van der Waals surface area contributed by atoms with Crippen molar-refractivity contribution in [3.63, 3.8) is 0 Å². The van der Waals surface area contributed by atoms with Gasteiger partial charge in [-0.2, -0.15) is 0 Å². The highest BCUT2D eigenvalue weighted by atomic mass is 16.5. The summed E-state index contributed by atoms with van der Waals surface area (Å²) >= 11 is 0. The number of hydrogen-bond acceptors (Lipinski definition) is 4. The zero-order valence-corrected chi connectivity index (χ0v) is 16.9. The van der Waals surface area contributed by atoms with Gasteiger partial charge in [-0.25, -0.2) is 0 Å². The Labute approximate surface area is 171 Å². The fourth-order valence-electron chi connectivity index (χ4n) is 3.94. The summed E-state index contributed by atoms with van der Waals surface area (Å²) in [6.45, 7) is 5.86. The summed E-state index contributed by atoms with van der Waals surface area (Å²) < 4.78 is 5.72. The summed E-state index contributed by atoms with van der Waals surface area (Å²) in [6.07, 6.45) is 2.16. The van der Waals surface area contributed by atoms with Crippen molar-refractivity contribution in [3.05, 3.63) is 71.4 Å². The molecule has 0 aromatic heterocycles. The van der Waals surface area contributed by atoms with Crippen LogP contribution in [0.2, 0.25) is 0 Å². The van der Waals surface area contributed by atoms with E-state index in [1.165, 1.54) is 4.90 Å². The number of imide groups is 1. The number of benzene rings is 2. The van der Waals surface area contributed by atoms with Crippen molar-refractivity contribution in [1.82, 2.24) is 9.80 Å². The number of carbonyl (C=O) groups excluding carboxylic acids is 2. The van der Waals surface area contributed by atoms with Crippen LogP contribution in [0.15, 0.2) is 60.3 Å². The highest BCUT2D eigenvalue weighted by molar-refractivity contribution is 6.35. The van der Waals surface area contributed by atoms with E-state index < -0.39 is 0 Å². The highest BCUT2D eigenvalue weighted by Crippen LogP contribution is 2.34. The van der Waals surface area contributed by atoms with Crippen molar-refractivity contribution in [3.8, 4) is 5.75 Å². The Morgan fingerprint density at radius 2 is 1.55 bits per heavy atom. The number of amides is 2. The van der Waals surface area contributed by atoms with Crippen molar-refractivity contribution in [2.24, 2.45) is 0 Å². The summed E-state index contributed by atoms with van der Waals surface area (Å²) in [6, 6.07) is 17.1. The third-order valence-electron chi connectivity index (χ3n) is 5.26. The molecule has 0 spiro atoms. The topological polar surface area (TPSA) is 49.9 Å². The molecule has 0 radical (unpaired) electrons. The van der Waals surface area contributed by atoms with E-state index >= 15 is 0 Å². The predicted octanol–water partition coefficient (Wildman–Crippen LogP) is 3.85. The molecule has 150 valence electrons. The predicted molar refractivity (Wildman–Crippen MR) is 112 cm³/mol. The Hall–Kier alpha value is -3.08. The third-order valence-corrected chi connectivity index (χ3v) is 5.26. The quantitative estimate of drug-likeness (QED) is 0.703. The van der Waals surface area contributed by atoms with Crippen LogP contribution in [0, 0.1) is 0 Å². The van der Waals surface area contributed by atoms with Gasteiger partial charge in [0.05, 0.1) is 18.2 Å². The molecule has 2 aromatic rings. The zero-order valence-electron chi connectivity index (χ0n) is 16.9. The van der Waals surface area contributed by atoms with Crippen molar-refractivity contribution >= 4 is 17.4 Å². The van der Waals surface area contributed by atoms with E-state index in [1.807, 2.05) is 68.4 Å². The van der Waals surface area contributed by atoms with Crippen molar-refractivity contribution in [2.45, 2.75) is 39.3 Å². The molecule has 1 saturated heterocycles. The Morgan fingerprint density at radius 1 is 0.897 bits per heavy atom. The van der Waals surface area contributed by atoms with Gasteiger partial charge in [-0.05, 0) is 49.9 Å². The maximum Gasteiger partial charge on any atom is 0.278 e. The first-order valence-corrected chi connectivity index (χ1v) is 10.2. The van der Waals surface area contributed by atoms with Crippen LogP contribution < -0.4 is 4.74 Å². The molecule has 29 heavy (non-hydrogen) atoms. The molecule has 0 bridgehead atoms. The minimum absolute atomic E-state index is 0.0799. The molecule has 0 saturated carbocycles. The maximum absolute atomic E-state index is 13.3. The minimum atomic E-state index is -0.224. The van der Waals surface area contributed by atoms with E-state index in [1.54, 1.807) is 0 Å². The Kier molecular flexibility index (Phi) is 5.38. The van der Waals surface area contributed by atoms with E-state index in [4.69, 9.17) is 4.74 Å². The molecular formula is C24H26N2O3. The fourth-order valence-corrected chi connectivity index (χ4v) is 3.94. The van der Waals surface area contributed by atoms with Gasteiger partial charge in [0.15, 0.2) is 0 Å². The van der Waals surface area contributed by atoms with Gasteiger partial charge in [-0.15, -0.1) is 0 Å². The van der Waals surface area contributed by atoms with E-state index in [0.717, 1.165) is 42.8 Å². The molecule has 0 atom stereocenters. The third kappa shape index (κ3) is 3.90. The molecule has 2 heterocycles. The first-order chi connectivity index (χ1) is 14.0. The minimum Gasteiger partial charge on any atom is -0.491 e. The number of likely N-dealkylation sites (tertiary alicyclic amines) is 1. The molecule has 5 heteroatoms. The van der Waals surface area contributed by atoms with Crippen molar-refractivity contribution in [1.29, 1.82) is 0 Å². The van der Waals surface area contributed by atoms with Gasteiger partial charge in [0.1, 0.15) is 11.4 Å². The van der Waals surface area contributed by atoms with Crippen LogP contribution >= 0.6 is 0 Å². The number of ether oxygens (including phenoxy) is 1. The molecule has 2 amide bonds. The van der Waals surface area contributed by atoms with Crippen molar-refractivity contribution in [2.75, 3.05) is 13.1 Å². The second kappa shape index (κ2) is 8.11. The summed E-state index contributed by atoms with van der Waals surface area (Å²) in [5.41, 5.74) is 2.75. The second-order valence-corrected chi connectivity index (χ2v) is 7.79. The molecule has 2 aromatic carbocycles. The van der Waals surface area contributed by atoms with E-state index in [0.29, 0.717) is 11.3 Å². The average molecular weight is 390 g/mol. The van der Waals surface area contributed by atoms with Gasteiger partial charge in [-0.1, -0.05) is 42.5 Å². The maximum atomic E-state index is 13.3. The summed E-state index contributed by atoms with van der Waals surface area (Å²) in [7, 11) is 0. The molecular weight excluding hydrogens is 364 g/mol. The van der Waals surface area contributed by atoms with Crippen LogP contribution in [0.3, 0.4) is 0 Å². The standard InChI is InChI=1S/C24H26N2O3/c1-17(2)29-20-12-10-19(11-13-20)21-22(25-14-6-7-15-25)24(28)26(23(21)27)16-18-8-4-3-5-9-18/h3-5,8-13,17H,6-7,14-16H2,1-2H3. The van der Waals surface area contributed by atoms with Gasteiger partial charge >= 0.3 is 0 Å². The monoisotopic (exact) mass is 390 g/mol. The normalized spacial score (nSPS) is 17.1. The molecule has 2 aliphatic heterocycles. The van der Waals surface area contributed by atoms with Crippen LogP contribution in [-0.2, 0) is 16.1 Å². The Balaban J connectivity index is 1.69. The lowest BCUT2D eigenvalue weighted by Crippen LogP contribution is -2.34. The van der Waals surface area contributed by atoms with Crippen LogP contribution in [0.4, 0.5) is 0 Å². The molecule has 4 rings (SSSR count). The SMILES string of the molecule is CC(C)Oc1ccc(C2=C(N3CCCC3)C(=O)N(Cc3ccccc3)C2=O)cc1. The second-order valence-electron chi connectivity index (χ2n) is 7.79. The molecule has 0 aliphatic carbocycles. The highest BCUT2D eigenvalue weighted by Gasteiger charge is 2.42. The van der Waals surface area contributed by atoms with Crippen LogP contribution in [0.25, 0.3) is 5.57 Å². The Morgan fingerprint density at radius 3 is 2.17 bits per heavy atom. The van der Waals surface area contributed by atoms with Gasteiger partial charge in [0.2, 0.25) is 0 Å². The average Bonchev–Trinajstić information content (AvgIpc) is 3.32. The molecule has 5 nitrogen and oxygen atoms in total. The lowest BCUT2D eigenvalue weighted by Gasteiger charge is -2.20. The largest absolute Gasteiger partial charge is 0.491 e. The van der Waals surface area contributed by atoms with Crippen LogP contribution in [-0.4, -0.2) is 40.8 Å². The van der Waals surface area contributed by atoms with Crippen LogP contribution in [0.1, 0.15) is 37.8 Å². The summed E-state index contributed by atoms with van der Waals surface area (Å²) in [5, 5.41) is 0. The number of nitrogens with zero attached hydrogens (tertiary/aromatic N) is 2. The lowest BCUT2D eigenvalue weighted by molar-refractivity contribution is -0.138. The lowest BCUT2D eigenvalue weighted by atomic mass is 10.0. The van der Waals surface area contributed by atoms with Gasteiger partial charge < -0.3 is 9.64 Å². The van der Waals surface area contributed by atoms with Crippen molar-refractivity contribution < 1.29 is 14.3 Å². The van der Waals surface area contributed by atoms with E-state index in [2.05, 4.69) is 4.90 Å². The van der Waals surface area contributed by atoms with Gasteiger partial charge in [0, 0.05) is 13.1 Å². The molecule has 1 fully saturated rings. The fraction of sp³-hybridized carbons (Fsp3) is 0.333. The van der Waals surface area contributed by atoms with Gasteiger partial charge in [-0.3, -0.25) is 14.5 Å². The summed E-state index contributed by atoms with van der Waals surface area (Å²) in [5.74, 6) is 0.335. The van der Waals surface area contributed by atoms with Gasteiger partial charge in [0.25, 0.3) is 11.8 Å². The van der Waals surface area contributed by atoms with Crippen LogP contribution in [0.5, 0.6) is 5.75 Å². The Bertz CT molecular complexity index is 926.